The van der Waals surface area contributed by atoms with Gasteiger partial charge in [-0.25, -0.2) is 8.42 Å². The predicted molar refractivity (Wildman–Crippen MR) is 108 cm³/mol. The third-order valence-corrected chi connectivity index (χ3v) is 5.96. The molecule has 0 unspecified atom stereocenters. The molecule has 1 heterocycles. The second kappa shape index (κ2) is 8.05. The van der Waals surface area contributed by atoms with Gasteiger partial charge in [-0.05, 0) is 42.8 Å². The fourth-order valence-electron chi connectivity index (χ4n) is 3.46. The highest BCUT2D eigenvalue weighted by molar-refractivity contribution is 7.90. The number of hydrogen-bond donors (Lipinski definition) is 0. The molecular weight excluding hydrogens is 382 g/mol. The van der Waals surface area contributed by atoms with Crippen LogP contribution in [-0.4, -0.2) is 52.9 Å². The van der Waals surface area contributed by atoms with E-state index in [1.807, 2.05) is 29.2 Å². The van der Waals surface area contributed by atoms with Crippen LogP contribution >= 0.6 is 0 Å². The molecule has 0 aliphatic carbocycles. The molecule has 0 atom stereocenters. The van der Waals surface area contributed by atoms with E-state index >= 15 is 0 Å². The van der Waals surface area contributed by atoms with E-state index in [0.717, 1.165) is 30.7 Å². The number of para-hydroxylation sites is 1. The van der Waals surface area contributed by atoms with Crippen molar-refractivity contribution in [2.24, 2.45) is 0 Å². The zero-order valence-corrected chi connectivity index (χ0v) is 16.7. The Morgan fingerprint density at radius 2 is 1.64 bits per heavy atom. The van der Waals surface area contributed by atoms with Crippen molar-refractivity contribution < 1.29 is 18.1 Å². The molecule has 2 aromatic rings. The van der Waals surface area contributed by atoms with Crippen molar-refractivity contribution in [1.29, 1.82) is 0 Å². The maximum atomic E-state index is 12.0. The second-order valence-electron chi connectivity index (χ2n) is 6.68. The zero-order chi connectivity index (χ0) is 20.3. The molecule has 3 rings (SSSR count). The van der Waals surface area contributed by atoms with E-state index in [2.05, 4.69) is 4.90 Å². The molecule has 1 saturated heterocycles. The normalized spacial score (nSPS) is 15.2. The third-order valence-electron chi connectivity index (χ3n) is 4.83. The van der Waals surface area contributed by atoms with Crippen molar-refractivity contribution >= 4 is 26.9 Å². The van der Waals surface area contributed by atoms with Gasteiger partial charge in [-0.15, -0.1) is 0 Å². The quantitative estimate of drug-likeness (QED) is 0.558. The Hall–Kier alpha value is -2.81. The molecule has 0 radical (unpaired) electrons. The number of nitrogens with zero attached hydrogens (tertiary/aromatic N) is 3. The van der Waals surface area contributed by atoms with Crippen LogP contribution in [0.5, 0.6) is 5.75 Å². The summed E-state index contributed by atoms with van der Waals surface area (Å²) in [7, 11) is -2.08. The smallest absolute Gasteiger partial charge is 0.311 e. The summed E-state index contributed by atoms with van der Waals surface area (Å²) in [5, 5.41) is 11.7. The van der Waals surface area contributed by atoms with Crippen LogP contribution in [0.1, 0.15) is 6.42 Å². The van der Waals surface area contributed by atoms with E-state index in [4.69, 9.17) is 4.74 Å². The summed E-state index contributed by atoms with van der Waals surface area (Å²) in [6, 6.07) is 12.2. The fourth-order valence-corrected chi connectivity index (χ4v) is 4.31. The number of rotatable bonds is 5. The van der Waals surface area contributed by atoms with Crippen LogP contribution in [-0.2, 0) is 9.84 Å². The highest BCUT2D eigenvalue weighted by Crippen LogP contribution is 2.35. The van der Waals surface area contributed by atoms with E-state index in [1.165, 1.54) is 6.07 Å². The highest BCUT2D eigenvalue weighted by atomic mass is 32.2. The third kappa shape index (κ3) is 4.19. The first-order valence-electron chi connectivity index (χ1n) is 8.92. The van der Waals surface area contributed by atoms with Crippen LogP contribution in [0.3, 0.4) is 0 Å². The van der Waals surface area contributed by atoms with Crippen molar-refractivity contribution in [1.82, 2.24) is 0 Å². The number of ether oxygens (including phenoxy) is 1. The van der Waals surface area contributed by atoms with Crippen molar-refractivity contribution in [3.05, 3.63) is 52.6 Å². The average molecular weight is 405 g/mol. The molecule has 1 aliphatic rings. The number of nitro benzene ring substituents is 1. The summed E-state index contributed by atoms with van der Waals surface area (Å²) < 4.78 is 29.2. The molecule has 0 saturated carbocycles. The lowest BCUT2D eigenvalue weighted by molar-refractivity contribution is -0.387. The molecule has 2 aromatic carbocycles. The van der Waals surface area contributed by atoms with Gasteiger partial charge in [0.25, 0.3) is 0 Å². The Morgan fingerprint density at radius 3 is 2.25 bits per heavy atom. The number of hydrogen-bond acceptors (Lipinski definition) is 7. The van der Waals surface area contributed by atoms with E-state index in [1.54, 1.807) is 19.2 Å². The Morgan fingerprint density at radius 1 is 1.00 bits per heavy atom. The molecule has 1 aliphatic heterocycles. The average Bonchev–Trinajstić information content (AvgIpc) is 2.93. The Labute approximate surface area is 164 Å². The minimum Gasteiger partial charge on any atom is -0.497 e. The van der Waals surface area contributed by atoms with Crippen molar-refractivity contribution in [2.45, 2.75) is 11.3 Å². The summed E-state index contributed by atoms with van der Waals surface area (Å²) in [4.78, 5) is 14.9. The van der Waals surface area contributed by atoms with Crippen LogP contribution < -0.4 is 14.5 Å². The maximum Gasteiger partial charge on any atom is 0.311 e. The molecule has 0 bridgehead atoms. The van der Waals surface area contributed by atoms with Gasteiger partial charge in [-0.3, -0.25) is 10.1 Å². The van der Waals surface area contributed by atoms with E-state index in [0.29, 0.717) is 25.3 Å². The van der Waals surface area contributed by atoms with Gasteiger partial charge in [0, 0.05) is 38.1 Å². The molecule has 0 aromatic heterocycles. The molecule has 0 amide bonds. The first-order chi connectivity index (χ1) is 13.3. The van der Waals surface area contributed by atoms with Crippen LogP contribution in [0, 0.1) is 10.1 Å². The number of sulfone groups is 1. The van der Waals surface area contributed by atoms with Crippen LogP contribution in [0.4, 0.5) is 17.1 Å². The van der Waals surface area contributed by atoms with Gasteiger partial charge in [0.1, 0.15) is 16.3 Å². The first kappa shape index (κ1) is 19.9. The molecule has 8 nitrogen and oxygen atoms in total. The molecule has 9 heteroatoms. The summed E-state index contributed by atoms with van der Waals surface area (Å²) in [6.07, 6.45) is 1.79. The summed E-state index contributed by atoms with van der Waals surface area (Å²) in [5.74, 6) is 0.786. The van der Waals surface area contributed by atoms with Crippen molar-refractivity contribution in [3.63, 3.8) is 0 Å². The van der Waals surface area contributed by atoms with Crippen LogP contribution in [0.15, 0.2) is 47.4 Å². The zero-order valence-electron chi connectivity index (χ0n) is 15.9. The number of methoxy groups -OCH3 is 1. The topological polar surface area (TPSA) is 93.0 Å². The second-order valence-corrected chi connectivity index (χ2v) is 8.66. The Balaban J connectivity index is 1.87. The fraction of sp³-hybridized carbons (Fsp3) is 0.368. The van der Waals surface area contributed by atoms with E-state index in [9.17, 15) is 18.5 Å². The van der Waals surface area contributed by atoms with Crippen LogP contribution in [0.25, 0.3) is 0 Å². The molecule has 0 spiro atoms. The molecular formula is C19H23N3O5S. The summed E-state index contributed by atoms with van der Waals surface area (Å²) in [5.41, 5.74) is 1.06. The van der Waals surface area contributed by atoms with E-state index < -0.39 is 14.8 Å². The van der Waals surface area contributed by atoms with Gasteiger partial charge in [-0.2, -0.15) is 0 Å². The number of anilines is 2. The SMILES string of the molecule is COc1ccc(N2CCCN(c3cccc(S(C)(=O)=O)c3[N+](=O)[O-])CC2)cc1. The Kier molecular flexibility index (Phi) is 5.73. The maximum absolute atomic E-state index is 12.0. The highest BCUT2D eigenvalue weighted by Gasteiger charge is 2.29. The first-order valence-corrected chi connectivity index (χ1v) is 10.8. The summed E-state index contributed by atoms with van der Waals surface area (Å²) in [6.45, 7) is 2.65. The molecule has 1 fully saturated rings. The summed E-state index contributed by atoms with van der Waals surface area (Å²) >= 11 is 0. The monoisotopic (exact) mass is 405 g/mol. The predicted octanol–water partition coefficient (Wildman–Crippen LogP) is 2.72. The van der Waals surface area contributed by atoms with Gasteiger partial charge in [0.05, 0.1) is 12.0 Å². The van der Waals surface area contributed by atoms with Gasteiger partial charge < -0.3 is 14.5 Å². The lowest BCUT2D eigenvalue weighted by Crippen LogP contribution is -2.31. The van der Waals surface area contributed by atoms with Gasteiger partial charge >= 0.3 is 5.69 Å². The van der Waals surface area contributed by atoms with Gasteiger partial charge in [-0.1, -0.05) is 6.07 Å². The minimum absolute atomic E-state index is 0.244. The largest absolute Gasteiger partial charge is 0.497 e. The standard InChI is InChI=1S/C19H23N3O5S/c1-27-16-9-7-15(8-10-16)20-11-4-12-21(14-13-20)17-5-3-6-18(28(2,25)26)19(17)22(23)24/h3,5-10H,4,11-14H2,1-2H3. The number of benzene rings is 2. The van der Waals surface area contributed by atoms with Gasteiger partial charge in [0.2, 0.25) is 0 Å². The number of nitro groups is 1. The van der Waals surface area contributed by atoms with Crippen LogP contribution in [0.2, 0.25) is 0 Å². The van der Waals surface area contributed by atoms with Crippen molar-refractivity contribution in [3.8, 4) is 5.75 Å². The lowest BCUT2D eigenvalue weighted by Gasteiger charge is -2.25. The van der Waals surface area contributed by atoms with Gasteiger partial charge in [0.15, 0.2) is 9.84 Å². The van der Waals surface area contributed by atoms with E-state index in [-0.39, 0.29) is 10.6 Å². The lowest BCUT2D eigenvalue weighted by atomic mass is 10.2. The molecule has 150 valence electrons. The Bertz CT molecular complexity index is 960. The van der Waals surface area contributed by atoms with Crippen molar-refractivity contribution in [2.75, 3.05) is 49.3 Å². The molecule has 28 heavy (non-hydrogen) atoms. The molecule has 0 N–H and O–H groups in total. The minimum atomic E-state index is -3.70.